The number of nitrogens with one attached hydrogen (secondary N) is 1. The average molecular weight is 436 g/mol. The van der Waals surface area contributed by atoms with Crippen molar-refractivity contribution in [1.29, 1.82) is 0 Å². The second-order valence-electron chi connectivity index (χ2n) is 6.77. The molecule has 1 N–H and O–H groups in total. The normalized spacial score (nSPS) is 17.7. The Bertz CT molecular complexity index is 1040. The number of methoxy groups -OCH3 is 1. The average Bonchev–Trinajstić information content (AvgIpc) is 3.17. The molecular formula is C21H19F3N2O5. The van der Waals surface area contributed by atoms with Gasteiger partial charge in [0, 0.05) is 17.8 Å². The molecular weight excluding hydrogens is 417 g/mol. The van der Waals surface area contributed by atoms with Crippen LogP contribution in [-0.4, -0.2) is 35.5 Å². The van der Waals surface area contributed by atoms with Crippen LogP contribution in [0.1, 0.15) is 24.3 Å². The van der Waals surface area contributed by atoms with E-state index in [1.54, 1.807) is 12.3 Å². The van der Waals surface area contributed by atoms with Gasteiger partial charge in [-0.25, -0.2) is 9.78 Å². The molecule has 0 unspecified atom stereocenters. The van der Waals surface area contributed by atoms with E-state index in [9.17, 15) is 22.8 Å². The van der Waals surface area contributed by atoms with Crippen LogP contribution < -0.4 is 10.3 Å². The first-order chi connectivity index (χ1) is 14.8. The molecule has 2 heterocycles. The van der Waals surface area contributed by atoms with Crippen LogP contribution in [0.3, 0.4) is 0 Å². The van der Waals surface area contributed by atoms with Gasteiger partial charge in [-0.05, 0) is 30.4 Å². The van der Waals surface area contributed by atoms with Crippen LogP contribution in [0.2, 0.25) is 0 Å². The van der Waals surface area contributed by atoms with Crippen molar-refractivity contribution in [3.8, 4) is 17.2 Å². The van der Waals surface area contributed by atoms with E-state index in [1.165, 1.54) is 11.6 Å². The zero-order valence-corrected chi connectivity index (χ0v) is 16.4. The van der Waals surface area contributed by atoms with Gasteiger partial charge in [0.25, 0.3) is 5.56 Å². The Balaban J connectivity index is 0.000000293. The lowest BCUT2D eigenvalue weighted by molar-refractivity contribution is -0.196. The zero-order valence-electron chi connectivity index (χ0n) is 16.4. The summed E-state index contributed by atoms with van der Waals surface area (Å²) >= 11 is 0. The number of nitrogens with zero attached hydrogens (tertiary/aromatic N) is 1. The minimum atomic E-state index is -4.85. The highest BCUT2D eigenvalue weighted by Gasteiger charge is 2.40. The van der Waals surface area contributed by atoms with Gasteiger partial charge in [-0.2, -0.15) is 18.3 Å². The van der Waals surface area contributed by atoms with Crippen molar-refractivity contribution in [2.24, 2.45) is 0 Å². The van der Waals surface area contributed by atoms with E-state index >= 15 is 0 Å². The number of carbonyl (C=O) groups is 1. The van der Waals surface area contributed by atoms with E-state index in [2.05, 4.69) is 39.1 Å². The van der Waals surface area contributed by atoms with Crippen molar-refractivity contribution in [1.82, 2.24) is 10.1 Å². The number of hydrogen-bond acceptors (Lipinski definition) is 6. The third kappa shape index (κ3) is 5.97. The molecule has 4 rings (SSSR count). The minimum absolute atomic E-state index is 0.212. The lowest BCUT2D eigenvalue weighted by Gasteiger charge is -2.35. The summed E-state index contributed by atoms with van der Waals surface area (Å²) in [5.41, 5.74) is 1.85. The van der Waals surface area contributed by atoms with E-state index in [0.29, 0.717) is 24.7 Å². The first-order valence-electron chi connectivity index (χ1n) is 9.28. The summed E-state index contributed by atoms with van der Waals surface area (Å²) < 4.78 is 47.2. The Kier molecular flexibility index (Phi) is 6.78. The molecule has 0 saturated heterocycles. The summed E-state index contributed by atoms with van der Waals surface area (Å²) in [7, 11) is 0.676. The highest BCUT2D eigenvalue weighted by atomic mass is 19.4. The number of carbonyl (C=O) groups excluding carboxylic acids is 1. The van der Waals surface area contributed by atoms with E-state index < -0.39 is 12.1 Å². The number of rotatable bonds is 4. The van der Waals surface area contributed by atoms with Gasteiger partial charge in [0.15, 0.2) is 5.76 Å². The van der Waals surface area contributed by atoms with Crippen LogP contribution in [0.25, 0.3) is 11.3 Å². The highest BCUT2D eigenvalue weighted by molar-refractivity contribution is 5.75. The molecule has 1 aliphatic carbocycles. The standard InChI is InChI=1S/C18H16N2O3.C3H3F3O2/c21-17-10-16(23-20-17)13-6-7-18(19-11-13)22-15-8-14(9-15)12-4-2-1-3-5-12;1-8-2(7)3(4,5)6/h1-7,10-11,14-15H,8-9H2,(H,20,21);1H3. The number of pyridine rings is 1. The molecule has 10 heteroatoms. The van der Waals surface area contributed by atoms with Crippen molar-refractivity contribution in [3.63, 3.8) is 0 Å². The number of halogens is 3. The van der Waals surface area contributed by atoms with Gasteiger partial charge in [0.2, 0.25) is 5.88 Å². The Hall–Kier alpha value is -3.56. The number of esters is 1. The predicted molar refractivity (Wildman–Crippen MR) is 103 cm³/mol. The van der Waals surface area contributed by atoms with Crippen molar-refractivity contribution in [2.45, 2.75) is 31.0 Å². The summed E-state index contributed by atoms with van der Waals surface area (Å²) in [5.74, 6) is -0.517. The van der Waals surface area contributed by atoms with Crippen LogP contribution >= 0.6 is 0 Å². The van der Waals surface area contributed by atoms with Crippen molar-refractivity contribution >= 4 is 5.97 Å². The van der Waals surface area contributed by atoms with Crippen LogP contribution in [0.15, 0.2) is 64.0 Å². The highest BCUT2D eigenvalue weighted by Crippen LogP contribution is 2.38. The topological polar surface area (TPSA) is 94.4 Å². The number of aromatic amines is 1. The van der Waals surface area contributed by atoms with Gasteiger partial charge in [-0.3, -0.25) is 4.79 Å². The summed E-state index contributed by atoms with van der Waals surface area (Å²) in [6.07, 6.45) is -0.965. The fourth-order valence-electron chi connectivity index (χ4n) is 2.97. The van der Waals surface area contributed by atoms with Crippen LogP contribution in [0.4, 0.5) is 13.2 Å². The first kappa shape index (κ1) is 22.1. The van der Waals surface area contributed by atoms with Gasteiger partial charge in [-0.15, -0.1) is 0 Å². The van der Waals surface area contributed by atoms with Crippen molar-refractivity contribution in [3.05, 3.63) is 70.6 Å². The molecule has 1 aliphatic rings. The SMILES string of the molecule is COC(=O)C(F)(F)F.O=c1cc(-c2ccc(OC3CC(c4ccccc4)C3)nc2)o[nH]1. The second-order valence-corrected chi connectivity index (χ2v) is 6.77. The lowest BCUT2D eigenvalue weighted by Crippen LogP contribution is -2.32. The van der Waals surface area contributed by atoms with Gasteiger partial charge >= 0.3 is 12.1 Å². The van der Waals surface area contributed by atoms with Crippen LogP contribution in [0.5, 0.6) is 5.88 Å². The molecule has 1 aromatic carbocycles. The molecule has 2 aromatic heterocycles. The molecule has 0 atom stereocenters. The Morgan fingerprint density at radius 1 is 1.16 bits per heavy atom. The van der Waals surface area contributed by atoms with E-state index in [0.717, 1.165) is 18.4 Å². The summed E-state index contributed by atoms with van der Waals surface area (Å²) in [6, 6.07) is 15.5. The monoisotopic (exact) mass is 436 g/mol. The van der Waals surface area contributed by atoms with E-state index in [4.69, 9.17) is 9.26 Å². The molecule has 1 fully saturated rings. The summed E-state index contributed by atoms with van der Waals surface area (Å²) in [4.78, 5) is 24.8. The van der Waals surface area contributed by atoms with E-state index in [-0.39, 0.29) is 11.7 Å². The lowest BCUT2D eigenvalue weighted by atomic mass is 9.77. The third-order valence-corrected chi connectivity index (χ3v) is 4.61. The van der Waals surface area contributed by atoms with Crippen molar-refractivity contribution in [2.75, 3.05) is 7.11 Å². The third-order valence-electron chi connectivity index (χ3n) is 4.61. The van der Waals surface area contributed by atoms with Gasteiger partial charge in [0.1, 0.15) is 6.10 Å². The van der Waals surface area contributed by atoms with Crippen LogP contribution in [0, 0.1) is 0 Å². The Morgan fingerprint density at radius 2 is 1.87 bits per heavy atom. The molecule has 0 radical (unpaired) electrons. The number of ether oxygens (including phenoxy) is 2. The molecule has 0 aliphatic heterocycles. The number of aromatic nitrogens is 2. The fraction of sp³-hybridized carbons (Fsp3) is 0.286. The number of hydrogen-bond donors (Lipinski definition) is 1. The van der Waals surface area contributed by atoms with Gasteiger partial charge in [0.05, 0.1) is 13.2 Å². The minimum Gasteiger partial charge on any atom is -0.474 e. The first-order valence-corrected chi connectivity index (χ1v) is 9.28. The Labute approximate surface area is 174 Å². The maximum absolute atomic E-state index is 11.1. The maximum atomic E-state index is 11.1. The molecule has 0 spiro atoms. The second kappa shape index (κ2) is 9.50. The summed E-state index contributed by atoms with van der Waals surface area (Å²) in [5, 5.41) is 2.26. The summed E-state index contributed by atoms with van der Waals surface area (Å²) in [6.45, 7) is 0. The molecule has 0 bridgehead atoms. The molecule has 0 amide bonds. The largest absolute Gasteiger partial charge is 0.490 e. The maximum Gasteiger partial charge on any atom is 0.490 e. The van der Waals surface area contributed by atoms with Gasteiger partial charge < -0.3 is 14.0 Å². The number of H-pyrrole nitrogens is 1. The smallest absolute Gasteiger partial charge is 0.474 e. The van der Waals surface area contributed by atoms with Crippen LogP contribution in [-0.2, 0) is 9.53 Å². The predicted octanol–water partition coefficient (Wildman–Crippen LogP) is 4.08. The van der Waals surface area contributed by atoms with E-state index in [1.807, 2.05) is 12.1 Å². The quantitative estimate of drug-likeness (QED) is 0.620. The molecule has 3 aromatic rings. The zero-order chi connectivity index (χ0) is 22.4. The van der Waals surface area contributed by atoms with Gasteiger partial charge in [-0.1, -0.05) is 30.3 Å². The number of benzene rings is 1. The molecule has 1 saturated carbocycles. The van der Waals surface area contributed by atoms with Crippen molar-refractivity contribution < 1.29 is 32.0 Å². The molecule has 164 valence electrons. The fourth-order valence-corrected chi connectivity index (χ4v) is 2.97. The molecule has 7 nitrogen and oxygen atoms in total. The number of alkyl halides is 3. The molecule has 31 heavy (non-hydrogen) atoms. The Morgan fingerprint density at radius 3 is 2.35 bits per heavy atom.